The molecule has 2 bridgehead atoms. The Morgan fingerprint density at radius 2 is 1.88 bits per heavy atom. The van der Waals surface area contributed by atoms with Crippen molar-refractivity contribution in [3.05, 3.63) is 29.8 Å². The maximum atomic E-state index is 6.13. The summed E-state index contributed by atoms with van der Waals surface area (Å²) in [6.07, 6.45) is 1.46. The molecule has 1 aromatic carbocycles. The molecule has 2 atom stereocenters. The quantitative estimate of drug-likeness (QED) is 0.715. The van der Waals surface area contributed by atoms with Crippen LogP contribution in [0.15, 0.2) is 24.3 Å². The lowest BCUT2D eigenvalue weighted by Gasteiger charge is -2.49. The van der Waals surface area contributed by atoms with Gasteiger partial charge in [0.05, 0.1) is 6.04 Å². The molecular formula is C14H18N2O. The average Bonchev–Trinajstić information content (AvgIpc) is 2.83. The number of hydrogen-bond donors (Lipinski definition) is 0. The molecule has 0 aliphatic carbocycles. The third kappa shape index (κ3) is 1.57. The van der Waals surface area contributed by atoms with Crippen molar-refractivity contribution in [3.63, 3.8) is 0 Å². The summed E-state index contributed by atoms with van der Waals surface area (Å²) in [7, 11) is 0. The Morgan fingerprint density at radius 3 is 2.59 bits per heavy atom. The van der Waals surface area contributed by atoms with Gasteiger partial charge in [-0.3, -0.25) is 9.80 Å². The van der Waals surface area contributed by atoms with Crippen molar-refractivity contribution in [3.8, 4) is 5.75 Å². The number of piperazine rings is 3. The van der Waals surface area contributed by atoms with Crippen molar-refractivity contribution >= 4 is 0 Å². The fourth-order valence-electron chi connectivity index (χ4n) is 3.43. The summed E-state index contributed by atoms with van der Waals surface area (Å²) in [5.74, 6) is 1.11. The summed E-state index contributed by atoms with van der Waals surface area (Å²) in [6.45, 7) is 6.13. The van der Waals surface area contributed by atoms with Crippen LogP contribution in [0.3, 0.4) is 0 Å². The van der Waals surface area contributed by atoms with Gasteiger partial charge in [-0.05, 0) is 11.6 Å². The summed E-state index contributed by atoms with van der Waals surface area (Å²) < 4.78 is 6.13. The van der Waals surface area contributed by atoms with Crippen LogP contribution in [0.1, 0.15) is 5.56 Å². The molecular weight excluding hydrogens is 212 g/mol. The highest BCUT2D eigenvalue weighted by Gasteiger charge is 2.40. The largest absolute Gasteiger partial charge is 0.488 e. The maximum absolute atomic E-state index is 6.13. The summed E-state index contributed by atoms with van der Waals surface area (Å²) >= 11 is 0. The van der Waals surface area contributed by atoms with Crippen LogP contribution in [0.4, 0.5) is 0 Å². The summed E-state index contributed by atoms with van der Waals surface area (Å²) in [6, 6.07) is 9.09. The molecule has 3 saturated heterocycles. The zero-order valence-corrected chi connectivity index (χ0v) is 10.0. The van der Waals surface area contributed by atoms with Gasteiger partial charge >= 0.3 is 0 Å². The lowest BCUT2D eigenvalue weighted by Crippen LogP contribution is -2.64. The molecule has 1 aromatic rings. The highest BCUT2D eigenvalue weighted by Crippen LogP contribution is 2.32. The number of nitrogens with zero attached hydrogens (tertiary/aromatic N) is 2. The van der Waals surface area contributed by atoms with E-state index in [2.05, 4.69) is 34.1 Å². The highest BCUT2D eigenvalue weighted by atomic mass is 16.5. The van der Waals surface area contributed by atoms with Crippen LogP contribution in [0.2, 0.25) is 0 Å². The van der Waals surface area contributed by atoms with E-state index in [1.165, 1.54) is 38.3 Å². The van der Waals surface area contributed by atoms with Crippen LogP contribution < -0.4 is 4.74 Å². The van der Waals surface area contributed by atoms with Gasteiger partial charge in [0.15, 0.2) is 0 Å². The van der Waals surface area contributed by atoms with E-state index < -0.39 is 0 Å². The van der Waals surface area contributed by atoms with Crippen LogP contribution in [0, 0.1) is 0 Å². The smallest absolute Gasteiger partial charge is 0.123 e. The Kier molecular flexibility index (Phi) is 2.17. The Bertz CT molecular complexity index is 401. The SMILES string of the molecule is c1ccc2c(c1)CC(C1CN3CCN1CC3)O2. The zero-order chi connectivity index (χ0) is 11.2. The first-order valence-electron chi connectivity index (χ1n) is 6.61. The molecule has 17 heavy (non-hydrogen) atoms. The molecule has 3 heteroatoms. The zero-order valence-electron chi connectivity index (χ0n) is 10.0. The van der Waals surface area contributed by atoms with Gasteiger partial charge < -0.3 is 4.74 Å². The van der Waals surface area contributed by atoms with Crippen LogP contribution in [-0.2, 0) is 6.42 Å². The van der Waals surface area contributed by atoms with Gasteiger partial charge in [-0.2, -0.15) is 0 Å². The Labute approximate surface area is 102 Å². The van der Waals surface area contributed by atoms with E-state index in [4.69, 9.17) is 4.74 Å². The number of hydrogen-bond acceptors (Lipinski definition) is 3. The lowest BCUT2D eigenvalue weighted by molar-refractivity contribution is -0.0315. The van der Waals surface area contributed by atoms with Gasteiger partial charge in [0.2, 0.25) is 0 Å². The first kappa shape index (κ1) is 9.92. The Balaban J connectivity index is 1.55. The predicted molar refractivity (Wildman–Crippen MR) is 66.4 cm³/mol. The van der Waals surface area contributed by atoms with E-state index in [-0.39, 0.29) is 0 Å². The molecule has 0 radical (unpaired) electrons. The van der Waals surface area contributed by atoms with E-state index in [9.17, 15) is 0 Å². The van der Waals surface area contributed by atoms with Gasteiger partial charge in [-0.15, -0.1) is 0 Å². The molecule has 4 heterocycles. The molecule has 90 valence electrons. The summed E-state index contributed by atoms with van der Waals surface area (Å²) in [4.78, 5) is 5.20. The van der Waals surface area contributed by atoms with E-state index in [1.807, 2.05) is 0 Å². The van der Waals surface area contributed by atoms with Gasteiger partial charge in [-0.25, -0.2) is 0 Å². The molecule has 0 saturated carbocycles. The van der Waals surface area contributed by atoms with Crippen LogP contribution in [0.25, 0.3) is 0 Å². The van der Waals surface area contributed by atoms with E-state index in [0.717, 1.165) is 12.2 Å². The Morgan fingerprint density at radius 1 is 1.06 bits per heavy atom. The van der Waals surface area contributed by atoms with E-state index >= 15 is 0 Å². The fourth-order valence-corrected chi connectivity index (χ4v) is 3.43. The predicted octanol–water partition coefficient (Wildman–Crippen LogP) is 0.990. The van der Waals surface area contributed by atoms with Crippen LogP contribution >= 0.6 is 0 Å². The van der Waals surface area contributed by atoms with Crippen molar-refractivity contribution in [2.24, 2.45) is 0 Å². The van der Waals surface area contributed by atoms with Crippen molar-refractivity contribution in [1.29, 1.82) is 0 Å². The summed E-state index contributed by atoms with van der Waals surface area (Å²) in [5.41, 5.74) is 1.38. The van der Waals surface area contributed by atoms with Crippen molar-refractivity contribution in [2.45, 2.75) is 18.6 Å². The monoisotopic (exact) mass is 230 g/mol. The molecule has 2 unspecified atom stereocenters. The maximum Gasteiger partial charge on any atom is 0.123 e. The fraction of sp³-hybridized carbons (Fsp3) is 0.571. The first-order valence-corrected chi connectivity index (χ1v) is 6.61. The van der Waals surface area contributed by atoms with Gasteiger partial charge in [0.1, 0.15) is 11.9 Å². The number of benzene rings is 1. The number of para-hydroxylation sites is 1. The molecule has 4 aliphatic rings. The number of fused-ring (bicyclic) bond motifs is 4. The van der Waals surface area contributed by atoms with Gasteiger partial charge in [-0.1, -0.05) is 18.2 Å². The second-order valence-corrected chi connectivity index (χ2v) is 5.37. The molecule has 0 spiro atoms. The standard InChI is InChI=1S/C14H18N2O/c1-2-4-13-11(3-1)9-14(17-13)12-10-15-5-7-16(12)8-6-15/h1-4,12,14H,5-10H2. The van der Waals surface area contributed by atoms with Crippen molar-refractivity contribution in [1.82, 2.24) is 9.80 Å². The number of rotatable bonds is 1. The molecule has 0 aromatic heterocycles. The lowest BCUT2D eigenvalue weighted by atomic mass is 9.98. The minimum Gasteiger partial charge on any atom is -0.488 e. The minimum absolute atomic E-state index is 0.371. The van der Waals surface area contributed by atoms with Gasteiger partial charge in [0.25, 0.3) is 0 Å². The van der Waals surface area contributed by atoms with Crippen LogP contribution in [0.5, 0.6) is 5.75 Å². The molecule has 5 rings (SSSR count). The van der Waals surface area contributed by atoms with E-state index in [1.54, 1.807) is 0 Å². The molecule has 4 aliphatic heterocycles. The molecule has 0 amide bonds. The topological polar surface area (TPSA) is 15.7 Å². The van der Waals surface area contributed by atoms with Crippen molar-refractivity contribution < 1.29 is 4.74 Å². The second kappa shape index (κ2) is 3.72. The third-order valence-electron chi connectivity index (χ3n) is 4.42. The highest BCUT2D eigenvalue weighted by molar-refractivity contribution is 5.37. The second-order valence-electron chi connectivity index (χ2n) is 5.37. The molecule has 3 nitrogen and oxygen atoms in total. The van der Waals surface area contributed by atoms with Crippen molar-refractivity contribution in [2.75, 3.05) is 32.7 Å². The average molecular weight is 230 g/mol. The van der Waals surface area contributed by atoms with Gasteiger partial charge in [0, 0.05) is 39.1 Å². The van der Waals surface area contributed by atoms with Crippen LogP contribution in [-0.4, -0.2) is 54.7 Å². The first-order chi connectivity index (χ1) is 8.40. The Hall–Kier alpha value is -1.06. The third-order valence-corrected chi connectivity index (χ3v) is 4.42. The normalized spacial score (nSPS) is 38.8. The number of ether oxygens (including phenoxy) is 1. The van der Waals surface area contributed by atoms with E-state index in [0.29, 0.717) is 12.1 Å². The molecule has 0 N–H and O–H groups in total. The molecule has 3 fully saturated rings. The minimum atomic E-state index is 0.371. The summed E-state index contributed by atoms with van der Waals surface area (Å²) in [5, 5.41) is 0.